The highest BCUT2D eigenvalue weighted by atomic mass is 32.2. The maximum atomic E-state index is 9.63. The van der Waals surface area contributed by atoms with E-state index in [9.17, 15) is 5.26 Å². The number of benzene rings is 1. The number of aromatic nitrogens is 1. The second kappa shape index (κ2) is 6.40. The molecule has 0 saturated carbocycles. The van der Waals surface area contributed by atoms with E-state index in [1.807, 2.05) is 0 Å². The minimum atomic E-state index is 0.710. The maximum absolute atomic E-state index is 9.63. The summed E-state index contributed by atoms with van der Waals surface area (Å²) in [4.78, 5) is 7.32. The SMILES string of the molecule is CSc1cccc2sc(Nc3sc4c(c3C#N)CC[C@H](C)C4)nc12. The molecule has 2 aromatic heterocycles. The first kappa shape index (κ1) is 15.9. The molecule has 0 amide bonds. The van der Waals surface area contributed by atoms with E-state index in [1.54, 1.807) is 34.4 Å². The Morgan fingerprint density at radius 2 is 2.25 bits per heavy atom. The van der Waals surface area contributed by atoms with Crippen LogP contribution in [0.1, 0.15) is 29.3 Å². The van der Waals surface area contributed by atoms with E-state index in [0.29, 0.717) is 5.92 Å². The Morgan fingerprint density at radius 3 is 3.04 bits per heavy atom. The molecular formula is C18H17N3S3. The van der Waals surface area contributed by atoms with Gasteiger partial charge in [0.1, 0.15) is 11.1 Å². The number of thiazole rings is 1. The van der Waals surface area contributed by atoms with Crippen LogP contribution in [0.3, 0.4) is 0 Å². The molecule has 0 bridgehead atoms. The van der Waals surface area contributed by atoms with Crippen LogP contribution in [0, 0.1) is 17.2 Å². The third-order valence-corrected chi connectivity index (χ3v) is 7.32. The average Bonchev–Trinajstić information content (AvgIpc) is 3.14. The molecule has 1 aromatic carbocycles. The molecule has 1 N–H and O–H groups in total. The van der Waals surface area contributed by atoms with Crippen LogP contribution in [0.15, 0.2) is 23.1 Å². The third-order valence-electron chi connectivity index (χ3n) is 4.45. The van der Waals surface area contributed by atoms with Crippen LogP contribution >= 0.6 is 34.4 Å². The fourth-order valence-corrected chi connectivity index (χ4v) is 6.15. The van der Waals surface area contributed by atoms with E-state index in [0.717, 1.165) is 34.1 Å². The zero-order valence-electron chi connectivity index (χ0n) is 13.5. The molecule has 3 aromatic rings. The summed E-state index contributed by atoms with van der Waals surface area (Å²) in [5.41, 5.74) is 3.13. The summed E-state index contributed by atoms with van der Waals surface area (Å²) in [5.74, 6) is 0.710. The first-order chi connectivity index (χ1) is 11.7. The lowest BCUT2D eigenvalue weighted by molar-refractivity contribution is 0.507. The normalized spacial score (nSPS) is 16.8. The number of hydrogen-bond acceptors (Lipinski definition) is 6. The summed E-state index contributed by atoms with van der Waals surface area (Å²) >= 11 is 5.10. The number of nitrogens with zero attached hydrogens (tertiary/aromatic N) is 2. The fraction of sp³-hybridized carbons (Fsp3) is 0.333. The largest absolute Gasteiger partial charge is 0.322 e. The molecule has 0 aliphatic heterocycles. The Hall–Kier alpha value is -1.55. The van der Waals surface area contributed by atoms with Gasteiger partial charge in [-0.05, 0) is 49.1 Å². The molecule has 1 aliphatic carbocycles. The van der Waals surface area contributed by atoms with Gasteiger partial charge in [0.15, 0.2) is 5.13 Å². The van der Waals surface area contributed by atoms with Crippen molar-refractivity contribution < 1.29 is 0 Å². The molecule has 2 heterocycles. The fourth-order valence-electron chi connectivity index (χ4n) is 3.20. The van der Waals surface area contributed by atoms with Gasteiger partial charge >= 0.3 is 0 Å². The molecule has 1 aliphatic rings. The van der Waals surface area contributed by atoms with Crippen molar-refractivity contribution in [2.75, 3.05) is 11.6 Å². The van der Waals surface area contributed by atoms with Gasteiger partial charge in [-0.2, -0.15) is 5.26 Å². The summed E-state index contributed by atoms with van der Waals surface area (Å²) < 4.78 is 1.18. The van der Waals surface area contributed by atoms with Gasteiger partial charge in [0, 0.05) is 9.77 Å². The number of thioether (sulfide) groups is 1. The van der Waals surface area contributed by atoms with E-state index in [1.165, 1.54) is 26.5 Å². The van der Waals surface area contributed by atoms with Crippen molar-refractivity contribution in [2.45, 2.75) is 31.1 Å². The number of hydrogen-bond donors (Lipinski definition) is 1. The average molecular weight is 372 g/mol. The van der Waals surface area contributed by atoms with Gasteiger partial charge in [-0.15, -0.1) is 23.1 Å². The minimum Gasteiger partial charge on any atom is -0.322 e. The van der Waals surface area contributed by atoms with Crippen molar-refractivity contribution in [1.82, 2.24) is 4.98 Å². The lowest BCUT2D eigenvalue weighted by atomic mass is 9.89. The van der Waals surface area contributed by atoms with E-state index < -0.39 is 0 Å². The number of fused-ring (bicyclic) bond motifs is 2. The Balaban J connectivity index is 1.72. The summed E-state index contributed by atoms with van der Waals surface area (Å²) in [6, 6.07) is 8.69. The predicted octanol–water partition coefficient (Wildman–Crippen LogP) is 5.82. The molecule has 0 unspecified atom stereocenters. The molecular weight excluding hydrogens is 354 g/mol. The quantitative estimate of drug-likeness (QED) is 0.589. The summed E-state index contributed by atoms with van der Waals surface area (Å²) in [5, 5.41) is 14.9. The first-order valence-electron chi connectivity index (χ1n) is 7.94. The van der Waals surface area contributed by atoms with Gasteiger partial charge in [-0.25, -0.2) is 4.98 Å². The molecule has 0 saturated heterocycles. The zero-order valence-corrected chi connectivity index (χ0v) is 16.0. The predicted molar refractivity (Wildman–Crippen MR) is 105 cm³/mol. The summed E-state index contributed by atoms with van der Waals surface area (Å²) in [7, 11) is 0. The minimum absolute atomic E-state index is 0.710. The van der Waals surface area contributed by atoms with Crippen LogP contribution in [0.2, 0.25) is 0 Å². The van der Waals surface area contributed by atoms with Crippen LogP contribution in [-0.4, -0.2) is 11.2 Å². The first-order valence-corrected chi connectivity index (χ1v) is 10.8. The van der Waals surface area contributed by atoms with Crippen molar-refractivity contribution in [3.05, 3.63) is 34.2 Å². The van der Waals surface area contributed by atoms with Crippen molar-refractivity contribution in [1.29, 1.82) is 5.26 Å². The molecule has 24 heavy (non-hydrogen) atoms. The molecule has 122 valence electrons. The summed E-state index contributed by atoms with van der Waals surface area (Å²) in [6.45, 7) is 2.29. The van der Waals surface area contributed by atoms with E-state index in [4.69, 9.17) is 4.98 Å². The number of nitrogens with one attached hydrogen (secondary N) is 1. The van der Waals surface area contributed by atoms with E-state index in [2.05, 4.69) is 42.8 Å². The van der Waals surface area contributed by atoms with Crippen LogP contribution in [0.4, 0.5) is 10.1 Å². The topological polar surface area (TPSA) is 48.7 Å². The molecule has 4 rings (SSSR count). The Kier molecular flexibility index (Phi) is 4.25. The molecule has 0 fully saturated rings. The van der Waals surface area contributed by atoms with Gasteiger partial charge in [0.05, 0.1) is 15.8 Å². The molecule has 6 heteroatoms. The van der Waals surface area contributed by atoms with Crippen molar-refractivity contribution in [2.24, 2.45) is 5.92 Å². The van der Waals surface area contributed by atoms with Crippen LogP contribution < -0.4 is 5.32 Å². The molecule has 0 spiro atoms. The van der Waals surface area contributed by atoms with Crippen LogP contribution in [0.25, 0.3) is 10.2 Å². The Morgan fingerprint density at radius 1 is 1.38 bits per heavy atom. The highest BCUT2D eigenvalue weighted by molar-refractivity contribution is 7.98. The number of rotatable bonds is 3. The molecule has 0 radical (unpaired) electrons. The highest BCUT2D eigenvalue weighted by Crippen LogP contribution is 2.41. The summed E-state index contributed by atoms with van der Waals surface area (Å²) in [6.07, 6.45) is 5.36. The Labute approximate surface area is 153 Å². The maximum Gasteiger partial charge on any atom is 0.188 e. The van der Waals surface area contributed by atoms with Crippen LogP contribution in [-0.2, 0) is 12.8 Å². The standard InChI is InChI=1S/C18H17N3S3/c1-10-6-7-11-12(9-19)17(23-15(11)8-10)21-18-20-16-13(22-2)4-3-5-14(16)24-18/h3-5,10H,6-8H2,1-2H3,(H,20,21)/t10-/m0/s1. The van der Waals surface area contributed by atoms with E-state index >= 15 is 0 Å². The zero-order chi connectivity index (χ0) is 16.7. The second-order valence-corrected chi connectivity index (χ2v) is 9.10. The third kappa shape index (κ3) is 2.71. The Bertz CT molecular complexity index is 948. The van der Waals surface area contributed by atoms with Crippen molar-refractivity contribution in [3.63, 3.8) is 0 Å². The van der Waals surface area contributed by atoms with Gasteiger partial charge in [0.2, 0.25) is 0 Å². The van der Waals surface area contributed by atoms with Gasteiger partial charge in [-0.3, -0.25) is 0 Å². The number of para-hydroxylation sites is 1. The van der Waals surface area contributed by atoms with Gasteiger partial charge < -0.3 is 5.32 Å². The number of anilines is 2. The van der Waals surface area contributed by atoms with E-state index in [-0.39, 0.29) is 0 Å². The lowest BCUT2D eigenvalue weighted by Crippen LogP contribution is -2.09. The van der Waals surface area contributed by atoms with Crippen molar-refractivity contribution >= 4 is 54.8 Å². The van der Waals surface area contributed by atoms with Crippen LogP contribution in [0.5, 0.6) is 0 Å². The monoisotopic (exact) mass is 371 g/mol. The number of thiophene rings is 1. The van der Waals surface area contributed by atoms with Gasteiger partial charge in [-0.1, -0.05) is 24.3 Å². The smallest absolute Gasteiger partial charge is 0.188 e. The highest BCUT2D eigenvalue weighted by Gasteiger charge is 2.24. The number of nitriles is 1. The lowest BCUT2D eigenvalue weighted by Gasteiger charge is -2.17. The molecule has 1 atom stereocenters. The van der Waals surface area contributed by atoms with Crippen molar-refractivity contribution in [3.8, 4) is 6.07 Å². The van der Waals surface area contributed by atoms with Gasteiger partial charge in [0.25, 0.3) is 0 Å². The molecule has 3 nitrogen and oxygen atoms in total. The second-order valence-electron chi connectivity index (χ2n) is 6.12.